The van der Waals surface area contributed by atoms with Gasteiger partial charge in [0.1, 0.15) is 11.6 Å². The third kappa shape index (κ3) is 3.48. The Labute approximate surface area is 111 Å². The summed E-state index contributed by atoms with van der Waals surface area (Å²) in [5.74, 6) is -0.603. The first kappa shape index (κ1) is 13.4. The van der Waals surface area contributed by atoms with E-state index in [4.69, 9.17) is 0 Å². The molecule has 0 spiro atoms. The molecule has 0 bridgehead atoms. The van der Waals surface area contributed by atoms with Crippen molar-refractivity contribution in [3.63, 3.8) is 0 Å². The second-order valence-electron chi connectivity index (χ2n) is 4.20. The van der Waals surface area contributed by atoms with Crippen LogP contribution in [-0.4, -0.2) is 13.6 Å². The lowest BCUT2D eigenvalue weighted by molar-refractivity contribution is 0.627. The van der Waals surface area contributed by atoms with Crippen LogP contribution in [0.25, 0.3) is 5.57 Å². The van der Waals surface area contributed by atoms with Crippen LogP contribution in [0.3, 0.4) is 0 Å². The Morgan fingerprint density at radius 3 is 1.95 bits per heavy atom. The third-order valence-corrected chi connectivity index (χ3v) is 2.78. The van der Waals surface area contributed by atoms with Crippen molar-refractivity contribution in [1.29, 1.82) is 0 Å². The summed E-state index contributed by atoms with van der Waals surface area (Å²) in [6, 6.07) is 12.6. The number of likely N-dealkylation sites (N-methyl/N-ethyl adjacent to an activating group) is 1. The summed E-state index contributed by atoms with van der Waals surface area (Å²) < 4.78 is 26.7. The highest BCUT2D eigenvalue weighted by molar-refractivity contribution is 5.79. The fraction of sp³-hybridized carbons (Fsp3) is 0.125. The van der Waals surface area contributed by atoms with Crippen molar-refractivity contribution in [2.45, 2.75) is 0 Å². The van der Waals surface area contributed by atoms with E-state index >= 15 is 0 Å². The van der Waals surface area contributed by atoms with E-state index in [1.165, 1.54) is 24.3 Å². The second-order valence-corrected chi connectivity index (χ2v) is 4.20. The largest absolute Gasteiger partial charge is 0.316 e. The molecule has 3 heteroatoms. The number of rotatable bonds is 4. The molecule has 0 atom stereocenters. The average molecular weight is 259 g/mol. The first-order valence-corrected chi connectivity index (χ1v) is 6.07. The van der Waals surface area contributed by atoms with Crippen molar-refractivity contribution in [2.24, 2.45) is 0 Å². The van der Waals surface area contributed by atoms with Gasteiger partial charge in [-0.05, 0) is 48.0 Å². The summed E-state index contributed by atoms with van der Waals surface area (Å²) in [5, 5.41) is 3.00. The van der Waals surface area contributed by atoms with Gasteiger partial charge < -0.3 is 5.32 Å². The minimum absolute atomic E-state index is 0.302. The lowest BCUT2D eigenvalue weighted by Gasteiger charge is -2.09. The molecule has 0 aromatic heterocycles. The molecule has 0 aliphatic rings. The summed E-state index contributed by atoms with van der Waals surface area (Å²) in [4.78, 5) is 0. The lowest BCUT2D eigenvalue weighted by Crippen LogP contribution is -2.05. The molecule has 19 heavy (non-hydrogen) atoms. The van der Waals surface area contributed by atoms with Gasteiger partial charge in [0.25, 0.3) is 0 Å². The van der Waals surface area contributed by atoms with Crippen molar-refractivity contribution in [1.82, 2.24) is 5.32 Å². The van der Waals surface area contributed by atoms with Crippen LogP contribution in [0.5, 0.6) is 0 Å². The first-order valence-electron chi connectivity index (χ1n) is 6.07. The van der Waals surface area contributed by atoms with Gasteiger partial charge in [0.15, 0.2) is 0 Å². The van der Waals surface area contributed by atoms with Gasteiger partial charge in [0.05, 0.1) is 0 Å². The number of hydrogen-bond donors (Lipinski definition) is 1. The van der Waals surface area contributed by atoms with Crippen molar-refractivity contribution >= 4 is 5.57 Å². The van der Waals surface area contributed by atoms with Gasteiger partial charge in [-0.2, -0.15) is 0 Å². The van der Waals surface area contributed by atoms with Crippen LogP contribution in [0, 0.1) is 11.6 Å². The third-order valence-electron chi connectivity index (χ3n) is 2.78. The molecule has 2 aromatic carbocycles. The van der Waals surface area contributed by atoms with E-state index in [1.54, 1.807) is 12.1 Å². The van der Waals surface area contributed by atoms with Crippen LogP contribution in [0.15, 0.2) is 54.6 Å². The quantitative estimate of drug-likeness (QED) is 0.884. The molecule has 1 N–H and O–H groups in total. The lowest BCUT2D eigenvalue weighted by atomic mass is 9.97. The molecular weight excluding hydrogens is 244 g/mol. The van der Waals surface area contributed by atoms with E-state index in [-0.39, 0.29) is 11.6 Å². The molecule has 0 amide bonds. The molecular formula is C16H15F2N. The summed E-state index contributed by atoms with van der Waals surface area (Å²) in [7, 11) is 1.82. The van der Waals surface area contributed by atoms with Crippen LogP contribution in [0.4, 0.5) is 8.78 Å². The zero-order valence-corrected chi connectivity index (χ0v) is 10.7. The molecule has 2 aromatic rings. The maximum Gasteiger partial charge on any atom is 0.123 e. The molecule has 0 fully saturated rings. The van der Waals surface area contributed by atoms with Crippen molar-refractivity contribution in [2.75, 3.05) is 13.6 Å². The zero-order chi connectivity index (χ0) is 13.7. The van der Waals surface area contributed by atoms with Gasteiger partial charge >= 0.3 is 0 Å². The molecule has 0 unspecified atom stereocenters. The molecule has 0 aliphatic carbocycles. The number of benzene rings is 2. The zero-order valence-electron chi connectivity index (χ0n) is 10.7. The predicted molar refractivity (Wildman–Crippen MR) is 73.8 cm³/mol. The number of halogens is 2. The maximum absolute atomic E-state index is 13.3. The number of nitrogens with one attached hydrogen (secondary N) is 1. The maximum atomic E-state index is 13.3. The molecule has 0 saturated carbocycles. The van der Waals surface area contributed by atoms with E-state index in [0.29, 0.717) is 6.54 Å². The Balaban J connectivity index is 2.48. The van der Waals surface area contributed by atoms with Crippen molar-refractivity contribution < 1.29 is 8.78 Å². The SMILES string of the molecule is CNCC=C(c1cccc(F)c1)c1cccc(F)c1. The van der Waals surface area contributed by atoms with Crippen molar-refractivity contribution in [3.05, 3.63) is 77.4 Å². The number of hydrogen-bond acceptors (Lipinski definition) is 1. The Bertz CT molecular complexity index is 543. The fourth-order valence-electron chi connectivity index (χ4n) is 1.92. The molecule has 0 radical (unpaired) electrons. The van der Waals surface area contributed by atoms with Crippen LogP contribution in [0.1, 0.15) is 11.1 Å². The predicted octanol–water partition coefficient (Wildman–Crippen LogP) is 3.62. The Morgan fingerprint density at radius 1 is 1.00 bits per heavy atom. The van der Waals surface area contributed by atoms with Crippen LogP contribution < -0.4 is 5.32 Å². The molecule has 1 nitrogen and oxygen atoms in total. The van der Waals surface area contributed by atoms with Gasteiger partial charge in [0.2, 0.25) is 0 Å². The van der Waals surface area contributed by atoms with Gasteiger partial charge in [-0.3, -0.25) is 0 Å². The van der Waals surface area contributed by atoms with E-state index in [1.807, 2.05) is 25.3 Å². The van der Waals surface area contributed by atoms with Crippen LogP contribution in [-0.2, 0) is 0 Å². The van der Waals surface area contributed by atoms with Crippen molar-refractivity contribution in [3.8, 4) is 0 Å². The van der Waals surface area contributed by atoms with E-state index < -0.39 is 0 Å². The first-order chi connectivity index (χ1) is 9.20. The van der Waals surface area contributed by atoms with Gasteiger partial charge in [-0.15, -0.1) is 0 Å². The normalized spacial score (nSPS) is 10.3. The van der Waals surface area contributed by atoms with E-state index in [0.717, 1.165) is 16.7 Å². The monoisotopic (exact) mass is 259 g/mol. The molecule has 0 aliphatic heterocycles. The van der Waals surface area contributed by atoms with Crippen LogP contribution in [0.2, 0.25) is 0 Å². The summed E-state index contributed by atoms with van der Waals surface area (Å²) >= 11 is 0. The average Bonchev–Trinajstić information content (AvgIpc) is 2.39. The highest BCUT2D eigenvalue weighted by atomic mass is 19.1. The highest BCUT2D eigenvalue weighted by Gasteiger charge is 2.06. The minimum atomic E-state index is -0.302. The standard InChI is InChI=1S/C16H15F2N/c1-19-9-8-16(12-4-2-6-14(17)10-12)13-5-3-7-15(18)11-13/h2-8,10-11,19H,9H2,1H3. The fourth-order valence-corrected chi connectivity index (χ4v) is 1.92. The summed E-state index contributed by atoms with van der Waals surface area (Å²) in [6.45, 7) is 0.627. The van der Waals surface area contributed by atoms with Gasteiger partial charge in [0, 0.05) is 6.54 Å². The topological polar surface area (TPSA) is 12.0 Å². The molecule has 0 saturated heterocycles. The molecule has 0 heterocycles. The summed E-state index contributed by atoms with van der Waals surface area (Å²) in [5.41, 5.74) is 2.29. The van der Waals surface area contributed by atoms with Crippen LogP contribution >= 0.6 is 0 Å². The Kier molecular flexibility index (Phi) is 4.42. The molecule has 98 valence electrons. The smallest absolute Gasteiger partial charge is 0.123 e. The van der Waals surface area contributed by atoms with Gasteiger partial charge in [-0.25, -0.2) is 8.78 Å². The van der Waals surface area contributed by atoms with E-state index in [9.17, 15) is 8.78 Å². The Morgan fingerprint density at radius 2 is 1.53 bits per heavy atom. The molecule has 2 rings (SSSR count). The summed E-state index contributed by atoms with van der Waals surface area (Å²) in [6.07, 6.45) is 1.92. The van der Waals surface area contributed by atoms with Gasteiger partial charge in [-0.1, -0.05) is 30.3 Å². The Hall–Kier alpha value is -2.00. The second kappa shape index (κ2) is 6.25. The highest BCUT2D eigenvalue weighted by Crippen LogP contribution is 2.24. The minimum Gasteiger partial charge on any atom is -0.316 e. The van der Waals surface area contributed by atoms with E-state index in [2.05, 4.69) is 5.32 Å².